The van der Waals surface area contributed by atoms with E-state index >= 15 is 0 Å². The molecule has 136 valence electrons. The Labute approximate surface area is 155 Å². The molecule has 2 amide bonds. The molecule has 0 bridgehead atoms. The van der Waals surface area contributed by atoms with E-state index in [0.29, 0.717) is 0 Å². The zero-order valence-electron chi connectivity index (χ0n) is 14.3. The van der Waals surface area contributed by atoms with Crippen LogP contribution in [0.5, 0.6) is 0 Å². The SMILES string of the molecule is CCc1ccc(C(C)NC(=O)C(=O)Nc2cc([N+](=O)[O-])ccc2Cl)cc1. The molecule has 2 rings (SSSR count). The Morgan fingerprint density at radius 1 is 1.15 bits per heavy atom. The zero-order chi connectivity index (χ0) is 19.3. The van der Waals surface area contributed by atoms with Gasteiger partial charge in [0.25, 0.3) is 5.69 Å². The highest BCUT2D eigenvalue weighted by Crippen LogP contribution is 2.26. The molecular weight excluding hydrogens is 358 g/mol. The Morgan fingerprint density at radius 2 is 1.81 bits per heavy atom. The molecule has 0 aliphatic heterocycles. The number of nitrogens with zero attached hydrogens (tertiary/aromatic N) is 1. The number of nitro groups is 1. The highest BCUT2D eigenvalue weighted by atomic mass is 35.5. The second-order valence-electron chi connectivity index (χ2n) is 5.67. The number of hydrogen-bond acceptors (Lipinski definition) is 4. The first-order chi connectivity index (χ1) is 12.3. The van der Waals surface area contributed by atoms with E-state index in [-0.39, 0.29) is 22.4 Å². The third kappa shape index (κ3) is 4.80. The van der Waals surface area contributed by atoms with Crippen LogP contribution in [0.25, 0.3) is 0 Å². The van der Waals surface area contributed by atoms with Crippen LogP contribution >= 0.6 is 11.6 Å². The van der Waals surface area contributed by atoms with Gasteiger partial charge in [-0.25, -0.2) is 0 Å². The van der Waals surface area contributed by atoms with Crippen LogP contribution in [-0.2, 0) is 16.0 Å². The van der Waals surface area contributed by atoms with Crippen LogP contribution in [0.2, 0.25) is 5.02 Å². The van der Waals surface area contributed by atoms with Crippen LogP contribution < -0.4 is 10.6 Å². The number of amides is 2. The van der Waals surface area contributed by atoms with Crippen LogP contribution in [0.1, 0.15) is 31.0 Å². The molecule has 8 heteroatoms. The van der Waals surface area contributed by atoms with Crippen molar-refractivity contribution in [2.24, 2.45) is 0 Å². The average Bonchev–Trinajstić information content (AvgIpc) is 2.63. The lowest BCUT2D eigenvalue weighted by Crippen LogP contribution is -2.37. The van der Waals surface area contributed by atoms with Gasteiger partial charge in [0.05, 0.1) is 21.7 Å². The lowest BCUT2D eigenvalue weighted by atomic mass is 10.1. The van der Waals surface area contributed by atoms with Crippen molar-refractivity contribution in [3.05, 3.63) is 68.7 Å². The summed E-state index contributed by atoms with van der Waals surface area (Å²) in [6, 6.07) is 10.9. The summed E-state index contributed by atoms with van der Waals surface area (Å²) in [6.07, 6.45) is 0.910. The quantitative estimate of drug-likeness (QED) is 0.473. The third-order valence-electron chi connectivity index (χ3n) is 3.85. The van der Waals surface area contributed by atoms with Crippen LogP contribution in [-0.4, -0.2) is 16.7 Å². The average molecular weight is 376 g/mol. The van der Waals surface area contributed by atoms with Gasteiger partial charge in [0, 0.05) is 12.1 Å². The largest absolute Gasteiger partial charge is 0.341 e. The summed E-state index contributed by atoms with van der Waals surface area (Å²) in [7, 11) is 0. The van der Waals surface area contributed by atoms with Crippen molar-refractivity contribution in [3.8, 4) is 0 Å². The first kappa shape index (κ1) is 19.4. The number of carbonyl (C=O) groups is 2. The van der Waals surface area contributed by atoms with Crippen molar-refractivity contribution >= 4 is 34.8 Å². The molecule has 0 fully saturated rings. The maximum atomic E-state index is 12.1. The Hall–Kier alpha value is -2.93. The van der Waals surface area contributed by atoms with Crippen LogP contribution in [0, 0.1) is 10.1 Å². The number of rotatable bonds is 5. The molecule has 0 aromatic heterocycles. The fraction of sp³-hybridized carbons (Fsp3) is 0.222. The van der Waals surface area contributed by atoms with Gasteiger partial charge in [-0.05, 0) is 30.5 Å². The first-order valence-corrected chi connectivity index (χ1v) is 8.34. The lowest BCUT2D eigenvalue weighted by Gasteiger charge is -2.15. The molecule has 0 aliphatic rings. The Morgan fingerprint density at radius 3 is 2.38 bits per heavy atom. The van der Waals surface area contributed by atoms with Gasteiger partial charge in [-0.1, -0.05) is 42.8 Å². The van der Waals surface area contributed by atoms with Gasteiger partial charge in [-0.15, -0.1) is 0 Å². The van der Waals surface area contributed by atoms with E-state index in [9.17, 15) is 19.7 Å². The number of nitrogens with one attached hydrogen (secondary N) is 2. The van der Waals surface area contributed by atoms with Gasteiger partial charge in [0.2, 0.25) is 0 Å². The summed E-state index contributed by atoms with van der Waals surface area (Å²) in [6.45, 7) is 3.80. The van der Waals surface area contributed by atoms with Crippen molar-refractivity contribution in [1.29, 1.82) is 0 Å². The molecule has 0 aliphatic carbocycles. The molecule has 0 saturated heterocycles. The van der Waals surface area contributed by atoms with Crippen molar-refractivity contribution < 1.29 is 14.5 Å². The van der Waals surface area contributed by atoms with Gasteiger partial charge in [-0.2, -0.15) is 0 Å². The predicted molar refractivity (Wildman–Crippen MR) is 99.1 cm³/mol. The summed E-state index contributed by atoms with van der Waals surface area (Å²) in [5.74, 6) is -1.82. The summed E-state index contributed by atoms with van der Waals surface area (Å²) < 4.78 is 0. The van der Waals surface area contributed by atoms with E-state index < -0.39 is 16.7 Å². The van der Waals surface area contributed by atoms with Crippen LogP contribution in [0.4, 0.5) is 11.4 Å². The molecule has 2 aromatic rings. The van der Waals surface area contributed by atoms with E-state index in [2.05, 4.69) is 10.6 Å². The van der Waals surface area contributed by atoms with Crippen LogP contribution in [0.15, 0.2) is 42.5 Å². The van der Waals surface area contributed by atoms with Gasteiger partial charge in [-0.3, -0.25) is 19.7 Å². The minimum atomic E-state index is -0.954. The van der Waals surface area contributed by atoms with E-state index in [1.54, 1.807) is 6.92 Å². The fourth-order valence-corrected chi connectivity index (χ4v) is 2.45. The standard InChI is InChI=1S/C18H18ClN3O4/c1-3-12-4-6-13(7-5-12)11(2)20-17(23)18(24)21-16-10-14(22(25)26)8-9-15(16)19/h4-11H,3H2,1-2H3,(H,20,23)(H,21,24). The van der Waals surface area contributed by atoms with E-state index in [4.69, 9.17) is 11.6 Å². The summed E-state index contributed by atoms with van der Waals surface area (Å²) in [5, 5.41) is 15.8. The number of non-ortho nitro benzene ring substituents is 1. The maximum Gasteiger partial charge on any atom is 0.313 e. The molecule has 0 spiro atoms. The number of carbonyl (C=O) groups excluding carboxylic acids is 2. The monoisotopic (exact) mass is 375 g/mol. The molecule has 0 radical (unpaired) electrons. The number of hydrogen-bond donors (Lipinski definition) is 2. The number of anilines is 1. The number of nitro benzene ring substituents is 1. The molecule has 1 unspecified atom stereocenters. The molecule has 0 saturated carbocycles. The Kier molecular flexibility index (Phi) is 6.30. The number of halogens is 1. The second kappa shape index (κ2) is 8.44. The van der Waals surface area contributed by atoms with Gasteiger partial charge in [0.1, 0.15) is 0 Å². The molecule has 26 heavy (non-hydrogen) atoms. The number of aryl methyl sites for hydroxylation is 1. The van der Waals surface area contributed by atoms with Crippen molar-refractivity contribution in [3.63, 3.8) is 0 Å². The minimum Gasteiger partial charge on any atom is -0.341 e. The lowest BCUT2D eigenvalue weighted by molar-refractivity contribution is -0.384. The van der Waals surface area contributed by atoms with E-state index in [0.717, 1.165) is 18.1 Å². The number of benzene rings is 2. The van der Waals surface area contributed by atoms with Crippen LogP contribution in [0.3, 0.4) is 0 Å². The van der Waals surface area contributed by atoms with Gasteiger partial charge < -0.3 is 10.6 Å². The summed E-state index contributed by atoms with van der Waals surface area (Å²) in [5.41, 5.74) is 1.79. The first-order valence-electron chi connectivity index (χ1n) is 7.96. The normalized spacial score (nSPS) is 11.5. The highest BCUT2D eigenvalue weighted by Gasteiger charge is 2.19. The molecule has 2 aromatic carbocycles. The Balaban J connectivity index is 2.04. The Bertz CT molecular complexity index is 837. The maximum absolute atomic E-state index is 12.1. The molecular formula is C18H18ClN3O4. The topological polar surface area (TPSA) is 101 Å². The smallest absolute Gasteiger partial charge is 0.313 e. The molecule has 7 nitrogen and oxygen atoms in total. The van der Waals surface area contributed by atoms with Crippen molar-refractivity contribution in [1.82, 2.24) is 5.32 Å². The van der Waals surface area contributed by atoms with E-state index in [1.165, 1.54) is 17.7 Å². The van der Waals surface area contributed by atoms with Gasteiger partial charge in [0.15, 0.2) is 0 Å². The highest BCUT2D eigenvalue weighted by molar-refractivity contribution is 6.41. The molecule has 2 N–H and O–H groups in total. The van der Waals surface area contributed by atoms with E-state index in [1.807, 2.05) is 31.2 Å². The van der Waals surface area contributed by atoms with Gasteiger partial charge >= 0.3 is 11.8 Å². The molecule has 1 atom stereocenters. The summed E-state index contributed by atoms with van der Waals surface area (Å²) >= 11 is 5.91. The molecule has 0 heterocycles. The van der Waals surface area contributed by atoms with Crippen molar-refractivity contribution in [2.45, 2.75) is 26.3 Å². The second-order valence-corrected chi connectivity index (χ2v) is 6.07. The predicted octanol–water partition coefficient (Wildman–Crippen LogP) is 3.63. The summed E-state index contributed by atoms with van der Waals surface area (Å²) in [4.78, 5) is 34.3. The third-order valence-corrected chi connectivity index (χ3v) is 4.18. The van der Waals surface area contributed by atoms with Crippen molar-refractivity contribution in [2.75, 3.05) is 5.32 Å². The fourth-order valence-electron chi connectivity index (χ4n) is 2.29. The minimum absolute atomic E-state index is 0.000897. The zero-order valence-corrected chi connectivity index (χ0v) is 15.0.